The van der Waals surface area contributed by atoms with Crippen molar-refractivity contribution >= 4 is 24.1 Å². The fraction of sp³-hybridized carbons (Fsp3) is 0.333. The van der Waals surface area contributed by atoms with Crippen LogP contribution in [0.25, 0.3) is 0 Å². The maximum Gasteiger partial charge on any atom is 0.160 e. The summed E-state index contributed by atoms with van der Waals surface area (Å²) in [6, 6.07) is 23.5. The van der Waals surface area contributed by atoms with Gasteiger partial charge in [0.25, 0.3) is 0 Å². The molecule has 3 rings (SSSR count). The molecule has 0 amide bonds. The predicted octanol–water partition coefficient (Wildman–Crippen LogP) is 4.83. The van der Waals surface area contributed by atoms with Crippen molar-refractivity contribution in [2.75, 3.05) is 0 Å². The SMILES string of the molecule is CC(C)(C)c1cc(C(C)(C)C)nc(P(c2ccccc2)c2ccccc2)n1. The number of hydrogen-bond acceptors (Lipinski definition) is 2. The Morgan fingerprint density at radius 2 is 0.963 bits per heavy atom. The Balaban J connectivity index is 2.26. The van der Waals surface area contributed by atoms with E-state index in [1.165, 1.54) is 10.6 Å². The smallest absolute Gasteiger partial charge is 0.160 e. The zero-order valence-corrected chi connectivity index (χ0v) is 18.1. The molecule has 0 radical (unpaired) electrons. The van der Waals surface area contributed by atoms with Crippen LogP contribution in [0.5, 0.6) is 0 Å². The van der Waals surface area contributed by atoms with Crippen LogP contribution in [0, 0.1) is 0 Å². The van der Waals surface area contributed by atoms with Gasteiger partial charge in [-0.05, 0) is 16.7 Å². The third-order valence-electron chi connectivity index (χ3n) is 4.48. The second-order valence-electron chi connectivity index (χ2n) is 8.94. The Kier molecular flexibility index (Phi) is 5.49. The van der Waals surface area contributed by atoms with Gasteiger partial charge in [0.2, 0.25) is 0 Å². The molecule has 0 aliphatic heterocycles. The minimum Gasteiger partial charge on any atom is -0.232 e. The first-order valence-electron chi connectivity index (χ1n) is 9.46. The molecule has 0 atom stereocenters. The van der Waals surface area contributed by atoms with E-state index >= 15 is 0 Å². The van der Waals surface area contributed by atoms with Gasteiger partial charge in [0.05, 0.1) is 11.4 Å². The van der Waals surface area contributed by atoms with Crippen molar-refractivity contribution in [3.8, 4) is 0 Å². The average Bonchev–Trinajstić information content (AvgIpc) is 2.62. The lowest BCUT2D eigenvalue weighted by Crippen LogP contribution is -2.31. The lowest BCUT2D eigenvalue weighted by Gasteiger charge is -2.26. The van der Waals surface area contributed by atoms with E-state index < -0.39 is 7.92 Å². The molecule has 2 aromatic carbocycles. The van der Waals surface area contributed by atoms with Gasteiger partial charge >= 0.3 is 0 Å². The van der Waals surface area contributed by atoms with Gasteiger partial charge in [-0.1, -0.05) is 102 Å². The van der Waals surface area contributed by atoms with E-state index in [9.17, 15) is 0 Å². The number of nitrogens with zero attached hydrogens (tertiary/aromatic N) is 2. The molecule has 3 heteroatoms. The molecule has 0 N–H and O–H groups in total. The van der Waals surface area contributed by atoms with Crippen molar-refractivity contribution in [1.29, 1.82) is 0 Å². The highest BCUT2D eigenvalue weighted by Crippen LogP contribution is 2.33. The Bertz CT molecular complexity index is 819. The molecule has 0 aliphatic rings. The van der Waals surface area contributed by atoms with Gasteiger partial charge in [-0.15, -0.1) is 0 Å². The predicted molar refractivity (Wildman–Crippen MR) is 118 cm³/mol. The largest absolute Gasteiger partial charge is 0.232 e. The van der Waals surface area contributed by atoms with Crippen molar-refractivity contribution in [2.24, 2.45) is 0 Å². The topological polar surface area (TPSA) is 25.8 Å². The van der Waals surface area contributed by atoms with E-state index in [2.05, 4.69) is 108 Å². The molecule has 1 aromatic heterocycles. The maximum atomic E-state index is 5.09. The molecule has 0 unspecified atom stereocenters. The third kappa shape index (κ3) is 4.62. The molecule has 0 saturated carbocycles. The highest BCUT2D eigenvalue weighted by atomic mass is 31.1. The highest BCUT2D eigenvalue weighted by Gasteiger charge is 2.27. The van der Waals surface area contributed by atoms with Gasteiger partial charge in [0, 0.05) is 18.8 Å². The molecule has 1 heterocycles. The molecule has 3 aromatic rings. The minimum atomic E-state index is -0.795. The first-order valence-corrected chi connectivity index (χ1v) is 10.8. The normalized spacial score (nSPS) is 12.4. The van der Waals surface area contributed by atoms with Gasteiger partial charge in [0.1, 0.15) is 0 Å². The van der Waals surface area contributed by atoms with Crippen molar-refractivity contribution < 1.29 is 0 Å². The number of rotatable bonds is 3. The van der Waals surface area contributed by atoms with Gasteiger partial charge in [-0.2, -0.15) is 0 Å². The standard InChI is InChI=1S/C24H29N2P/c1-23(2,3)20-17-21(24(4,5)6)26-22(25-20)27(18-13-9-7-10-14-18)19-15-11-8-12-16-19/h7-17H,1-6H3. The van der Waals surface area contributed by atoms with Gasteiger partial charge in [-0.25, -0.2) is 9.97 Å². The van der Waals surface area contributed by atoms with Crippen LogP contribution in [0.15, 0.2) is 66.7 Å². The molecule has 0 aliphatic carbocycles. The van der Waals surface area contributed by atoms with Crippen LogP contribution in [0.4, 0.5) is 0 Å². The van der Waals surface area contributed by atoms with Gasteiger partial charge in [-0.3, -0.25) is 0 Å². The molecule has 0 spiro atoms. The summed E-state index contributed by atoms with van der Waals surface area (Å²) in [4.78, 5) is 10.2. The van der Waals surface area contributed by atoms with Crippen molar-refractivity contribution in [3.05, 3.63) is 78.1 Å². The summed E-state index contributed by atoms with van der Waals surface area (Å²) < 4.78 is 0. The van der Waals surface area contributed by atoms with Crippen LogP contribution in [-0.4, -0.2) is 9.97 Å². The number of aromatic nitrogens is 2. The van der Waals surface area contributed by atoms with Crippen molar-refractivity contribution in [2.45, 2.75) is 52.4 Å². The lowest BCUT2D eigenvalue weighted by molar-refractivity contribution is 0.541. The summed E-state index contributed by atoms with van der Waals surface area (Å²) in [5.74, 6) is 0. The summed E-state index contributed by atoms with van der Waals surface area (Å²) >= 11 is 0. The van der Waals surface area contributed by atoms with Crippen LogP contribution in [0.3, 0.4) is 0 Å². The van der Waals surface area contributed by atoms with Gasteiger partial charge in [0.15, 0.2) is 5.57 Å². The van der Waals surface area contributed by atoms with E-state index in [0.717, 1.165) is 17.0 Å². The summed E-state index contributed by atoms with van der Waals surface area (Å²) in [7, 11) is -0.795. The second kappa shape index (κ2) is 7.52. The maximum absolute atomic E-state index is 5.09. The van der Waals surface area contributed by atoms with Crippen molar-refractivity contribution in [3.63, 3.8) is 0 Å². The molecule has 2 nitrogen and oxygen atoms in total. The zero-order valence-electron chi connectivity index (χ0n) is 17.2. The van der Waals surface area contributed by atoms with Crippen molar-refractivity contribution in [1.82, 2.24) is 9.97 Å². The Labute approximate surface area is 164 Å². The molecule has 27 heavy (non-hydrogen) atoms. The third-order valence-corrected chi connectivity index (χ3v) is 6.71. The van der Waals surface area contributed by atoms with E-state index in [1.54, 1.807) is 0 Å². The van der Waals surface area contributed by atoms with Crippen LogP contribution < -0.4 is 16.2 Å². The number of hydrogen-bond donors (Lipinski definition) is 0. The summed E-state index contributed by atoms with van der Waals surface area (Å²) in [5.41, 5.74) is 3.12. The molecule has 0 fully saturated rings. The Morgan fingerprint density at radius 1 is 0.593 bits per heavy atom. The van der Waals surface area contributed by atoms with Crippen LogP contribution in [0.1, 0.15) is 52.9 Å². The number of benzene rings is 2. The second-order valence-corrected chi connectivity index (χ2v) is 11.0. The average molecular weight is 376 g/mol. The summed E-state index contributed by atoms with van der Waals surface area (Å²) in [5, 5.41) is 2.56. The quantitative estimate of drug-likeness (QED) is 0.612. The summed E-state index contributed by atoms with van der Waals surface area (Å²) in [6.45, 7) is 13.3. The first-order chi connectivity index (χ1) is 12.7. The lowest BCUT2D eigenvalue weighted by atomic mass is 9.87. The van der Waals surface area contributed by atoms with Gasteiger partial charge < -0.3 is 0 Å². The molecular weight excluding hydrogens is 347 g/mol. The van der Waals surface area contributed by atoms with Crippen LogP contribution >= 0.6 is 7.92 Å². The van der Waals surface area contributed by atoms with Crippen LogP contribution in [-0.2, 0) is 10.8 Å². The minimum absolute atomic E-state index is 0.0218. The zero-order chi connectivity index (χ0) is 19.7. The first kappa shape index (κ1) is 19.7. The molecule has 0 saturated heterocycles. The fourth-order valence-electron chi connectivity index (χ4n) is 2.84. The Morgan fingerprint density at radius 3 is 1.30 bits per heavy atom. The van der Waals surface area contributed by atoms with E-state index in [-0.39, 0.29) is 10.8 Å². The van der Waals surface area contributed by atoms with E-state index in [1.807, 2.05) is 0 Å². The van der Waals surface area contributed by atoms with E-state index in [0.29, 0.717) is 0 Å². The van der Waals surface area contributed by atoms with E-state index in [4.69, 9.17) is 9.97 Å². The molecule has 140 valence electrons. The molecule has 0 bridgehead atoms. The monoisotopic (exact) mass is 376 g/mol. The summed E-state index contributed by atoms with van der Waals surface area (Å²) in [6.07, 6.45) is 0. The highest BCUT2D eigenvalue weighted by molar-refractivity contribution is 7.79. The molecular formula is C24H29N2P. The van der Waals surface area contributed by atoms with Crippen LogP contribution in [0.2, 0.25) is 0 Å². The Hall–Kier alpha value is -2.05. The fourth-order valence-corrected chi connectivity index (χ4v) is 4.95.